The van der Waals surface area contributed by atoms with Crippen molar-refractivity contribution < 1.29 is 13.6 Å². The van der Waals surface area contributed by atoms with Gasteiger partial charge >= 0.3 is 11.3 Å². The van der Waals surface area contributed by atoms with Gasteiger partial charge < -0.3 is 19.3 Å². The van der Waals surface area contributed by atoms with Crippen molar-refractivity contribution in [2.24, 2.45) is 0 Å². The zero-order valence-corrected chi connectivity index (χ0v) is 16.2. The lowest BCUT2D eigenvalue weighted by Crippen LogP contribution is -2.35. The lowest BCUT2D eigenvalue weighted by molar-refractivity contribution is 0.0343. The Bertz CT molecular complexity index is 1370. The molecule has 1 saturated heterocycles. The summed E-state index contributed by atoms with van der Waals surface area (Å²) in [5.74, 6) is 0. The number of hydrogen-bond acceptors (Lipinski definition) is 7. The molecule has 2 aromatic heterocycles. The molecule has 0 radical (unpaired) electrons. The van der Waals surface area contributed by atoms with E-state index in [1.165, 1.54) is 6.07 Å². The molecule has 3 heterocycles. The van der Waals surface area contributed by atoms with Crippen LogP contribution in [0, 0.1) is 0 Å². The molecule has 152 valence electrons. The maximum atomic E-state index is 12.7. The summed E-state index contributed by atoms with van der Waals surface area (Å²) < 4.78 is 16.5. The quantitative estimate of drug-likeness (QED) is 0.414. The maximum absolute atomic E-state index is 12.7. The predicted molar refractivity (Wildman–Crippen MR) is 114 cm³/mol. The first-order valence-electron chi connectivity index (χ1n) is 9.79. The topological polar surface area (TPSA) is 98.9 Å². The summed E-state index contributed by atoms with van der Waals surface area (Å²) in [4.78, 5) is 27.3. The molecule has 7 nitrogen and oxygen atoms in total. The Morgan fingerprint density at radius 1 is 0.933 bits per heavy atom. The van der Waals surface area contributed by atoms with Crippen LogP contribution in [-0.2, 0) is 11.3 Å². The number of benzene rings is 2. The van der Waals surface area contributed by atoms with Gasteiger partial charge in [0.25, 0.3) is 0 Å². The number of para-hydroxylation sites is 1. The standard InChI is InChI=1S/C23H20N2O5/c24-19-6-5-15-16(17-11-14-3-1-2-4-20(14)29-23(17)27)12-21(26)30-22(15)18(19)13-25-7-9-28-10-8-25/h1-6,11-12H,7-10,13,24H2. The zero-order valence-electron chi connectivity index (χ0n) is 16.2. The fraction of sp³-hybridized carbons (Fsp3) is 0.217. The first-order valence-corrected chi connectivity index (χ1v) is 9.79. The Kier molecular flexibility index (Phi) is 4.61. The second kappa shape index (κ2) is 7.44. The highest BCUT2D eigenvalue weighted by molar-refractivity contribution is 5.97. The van der Waals surface area contributed by atoms with Gasteiger partial charge in [-0.3, -0.25) is 4.90 Å². The van der Waals surface area contributed by atoms with E-state index in [2.05, 4.69) is 4.90 Å². The van der Waals surface area contributed by atoms with Crippen LogP contribution in [0.1, 0.15) is 5.56 Å². The van der Waals surface area contributed by atoms with Crippen LogP contribution < -0.4 is 17.0 Å². The van der Waals surface area contributed by atoms with E-state index < -0.39 is 11.3 Å². The van der Waals surface area contributed by atoms with Crippen LogP contribution in [0.3, 0.4) is 0 Å². The van der Waals surface area contributed by atoms with E-state index in [4.69, 9.17) is 19.3 Å². The minimum Gasteiger partial charge on any atom is -0.422 e. The van der Waals surface area contributed by atoms with Gasteiger partial charge in [0.1, 0.15) is 11.2 Å². The molecule has 0 atom stereocenters. The molecule has 0 bridgehead atoms. The van der Waals surface area contributed by atoms with Crippen LogP contribution in [-0.4, -0.2) is 31.2 Å². The molecule has 0 unspecified atom stereocenters. The summed E-state index contributed by atoms with van der Waals surface area (Å²) >= 11 is 0. The van der Waals surface area contributed by atoms with Crippen molar-refractivity contribution >= 4 is 27.6 Å². The lowest BCUT2D eigenvalue weighted by atomic mass is 9.99. The molecular formula is C23H20N2O5. The fourth-order valence-corrected chi connectivity index (χ4v) is 3.92. The SMILES string of the molecule is Nc1ccc2c(-c3cc4ccccc4oc3=O)cc(=O)oc2c1CN1CCOCC1. The van der Waals surface area contributed by atoms with E-state index in [0.717, 1.165) is 24.0 Å². The normalized spacial score (nSPS) is 15.1. The molecule has 0 saturated carbocycles. The summed E-state index contributed by atoms with van der Waals surface area (Å²) in [6.45, 7) is 3.38. The predicted octanol–water partition coefficient (Wildman–Crippen LogP) is 2.98. The summed E-state index contributed by atoms with van der Waals surface area (Å²) in [6.07, 6.45) is 0. The van der Waals surface area contributed by atoms with Gasteiger partial charge in [-0.15, -0.1) is 0 Å². The van der Waals surface area contributed by atoms with Gasteiger partial charge in [0.05, 0.1) is 18.8 Å². The van der Waals surface area contributed by atoms with E-state index in [1.54, 1.807) is 30.3 Å². The second-order valence-corrected chi connectivity index (χ2v) is 7.36. The molecule has 2 aromatic carbocycles. The van der Waals surface area contributed by atoms with Crippen molar-refractivity contribution in [3.05, 3.63) is 74.9 Å². The second-order valence-electron chi connectivity index (χ2n) is 7.36. The summed E-state index contributed by atoms with van der Waals surface area (Å²) in [7, 11) is 0. The minimum atomic E-state index is -0.543. The molecule has 4 aromatic rings. The van der Waals surface area contributed by atoms with Crippen LogP contribution in [0.15, 0.2) is 67.0 Å². The highest BCUT2D eigenvalue weighted by atomic mass is 16.5. The molecule has 0 aliphatic carbocycles. The van der Waals surface area contributed by atoms with Gasteiger partial charge in [0, 0.05) is 53.3 Å². The van der Waals surface area contributed by atoms with Crippen molar-refractivity contribution in [2.45, 2.75) is 6.54 Å². The first-order chi connectivity index (χ1) is 14.6. The number of anilines is 1. The largest absolute Gasteiger partial charge is 0.422 e. The highest BCUT2D eigenvalue weighted by Gasteiger charge is 2.19. The minimum absolute atomic E-state index is 0.314. The summed E-state index contributed by atoms with van der Waals surface area (Å²) in [5.41, 5.74) is 8.16. The molecule has 30 heavy (non-hydrogen) atoms. The average molecular weight is 404 g/mol. The third-order valence-electron chi connectivity index (χ3n) is 5.47. The van der Waals surface area contributed by atoms with Crippen molar-refractivity contribution in [1.82, 2.24) is 4.90 Å². The van der Waals surface area contributed by atoms with E-state index >= 15 is 0 Å². The first kappa shape index (κ1) is 18.6. The smallest absolute Gasteiger partial charge is 0.344 e. The van der Waals surface area contributed by atoms with Gasteiger partial charge in [-0.25, -0.2) is 9.59 Å². The Morgan fingerprint density at radius 3 is 2.57 bits per heavy atom. The van der Waals surface area contributed by atoms with E-state index in [-0.39, 0.29) is 0 Å². The molecule has 0 spiro atoms. The van der Waals surface area contributed by atoms with Crippen LogP contribution in [0.25, 0.3) is 33.1 Å². The lowest BCUT2D eigenvalue weighted by Gasteiger charge is -2.27. The van der Waals surface area contributed by atoms with E-state index in [0.29, 0.717) is 53.1 Å². The van der Waals surface area contributed by atoms with Gasteiger partial charge in [-0.1, -0.05) is 18.2 Å². The molecule has 7 heteroatoms. The van der Waals surface area contributed by atoms with Crippen molar-refractivity contribution in [1.29, 1.82) is 0 Å². The van der Waals surface area contributed by atoms with Crippen molar-refractivity contribution in [2.75, 3.05) is 32.0 Å². The van der Waals surface area contributed by atoms with E-state index in [9.17, 15) is 9.59 Å². The Labute approximate surface area is 171 Å². The zero-order chi connectivity index (χ0) is 20.7. The van der Waals surface area contributed by atoms with Crippen LogP contribution in [0.4, 0.5) is 5.69 Å². The van der Waals surface area contributed by atoms with Crippen LogP contribution in [0.2, 0.25) is 0 Å². The third kappa shape index (κ3) is 3.28. The van der Waals surface area contributed by atoms with Gasteiger partial charge in [0.2, 0.25) is 0 Å². The number of hydrogen-bond donors (Lipinski definition) is 1. The number of nitrogens with two attached hydrogens (primary N) is 1. The molecular weight excluding hydrogens is 384 g/mol. The Morgan fingerprint density at radius 2 is 1.73 bits per heavy atom. The number of fused-ring (bicyclic) bond motifs is 2. The Balaban J connectivity index is 1.72. The number of nitrogens with zero attached hydrogens (tertiary/aromatic N) is 1. The molecule has 1 fully saturated rings. The van der Waals surface area contributed by atoms with Gasteiger partial charge in [-0.05, 0) is 24.3 Å². The number of nitrogen functional groups attached to an aromatic ring is 1. The summed E-state index contributed by atoms with van der Waals surface area (Å²) in [5, 5.41) is 1.42. The number of ether oxygens (including phenoxy) is 1. The van der Waals surface area contributed by atoms with Crippen LogP contribution in [0.5, 0.6) is 0 Å². The molecule has 5 rings (SSSR count). The van der Waals surface area contributed by atoms with Crippen molar-refractivity contribution in [3.8, 4) is 11.1 Å². The average Bonchev–Trinajstić information content (AvgIpc) is 2.75. The number of morpholine rings is 1. The van der Waals surface area contributed by atoms with Crippen molar-refractivity contribution in [3.63, 3.8) is 0 Å². The fourth-order valence-electron chi connectivity index (χ4n) is 3.92. The van der Waals surface area contributed by atoms with E-state index in [1.807, 2.05) is 12.1 Å². The Hall–Kier alpha value is -3.42. The van der Waals surface area contributed by atoms with Crippen LogP contribution >= 0.6 is 0 Å². The molecule has 0 amide bonds. The van der Waals surface area contributed by atoms with Gasteiger partial charge in [0.15, 0.2) is 0 Å². The summed E-state index contributed by atoms with van der Waals surface area (Å²) in [6, 6.07) is 13.9. The maximum Gasteiger partial charge on any atom is 0.344 e. The molecule has 1 aliphatic rings. The monoisotopic (exact) mass is 404 g/mol. The van der Waals surface area contributed by atoms with Gasteiger partial charge in [-0.2, -0.15) is 0 Å². The highest BCUT2D eigenvalue weighted by Crippen LogP contribution is 2.32. The molecule has 2 N–H and O–H groups in total. The third-order valence-corrected chi connectivity index (χ3v) is 5.47. The number of rotatable bonds is 3. The molecule has 1 aliphatic heterocycles.